The van der Waals surface area contributed by atoms with Crippen LogP contribution in [0.4, 0.5) is 5.69 Å². The van der Waals surface area contributed by atoms with Crippen LogP contribution in [0.2, 0.25) is 0 Å². The van der Waals surface area contributed by atoms with Crippen molar-refractivity contribution in [2.75, 3.05) is 19.0 Å². The molecule has 1 saturated carbocycles. The molecule has 1 aliphatic heterocycles. The zero-order valence-electron chi connectivity index (χ0n) is 12.9. The fourth-order valence-corrected chi connectivity index (χ4v) is 3.90. The van der Waals surface area contributed by atoms with Gasteiger partial charge in [-0.1, -0.05) is 19.9 Å². The van der Waals surface area contributed by atoms with Crippen LogP contribution in [0.5, 0.6) is 5.75 Å². The maximum absolute atomic E-state index is 5.96. The summed E-state index contributed by atoms with van der Waals surface area (Å²) in [6.07, 6.45) is 2.85. The summed E-state index contributed by atoms with van der Waals surface area (Å²) in [5.74, 6) is 1.56. The van der Waals surface area contributed by atoms with Crippen molar-refractivity contribution in [1.29, 1.82) is 0 Å². The molecule has 20 heavy (non-hydrogen) atoms. The van der Waals surface area contributed by atoms with Crippen molar-refractivity contribution < 1.29 is 9.47 Å². The molecule has 0 bridgehead atoms. The normalized spacial score (nSPS) is 31.1. The SMILES string of the molecule is COc1cc(C)ccc1NC1C2CCCOC2C1(C)C. The zero-order valence-corrected chi connectivity index (χ0v) is 12.9. The number of hydrogen-bond donors (Lipinski definition) is 1. The maximum Gasteiger partial charge on any atom is 0.142 e. The van der Waals surface area contributed by atoms with Crippen LogP contribution in [0.1, 0.15) is 32.3 Å². The molecule has 2 fully saturated rings. The molecule has 0 spiro atoms. The molecule has 0 aromatic heterocycles. The Hall–Kier alpha value is -1.22. The summed E-state index contributed by atoms with van der Waals surface area (Å²) in [4.78, 5) is 0. The molecule has 3 nitrogen and oxygen atoms in total. The first-order valence-corrected chi connectivity index (χ1v) is 7.57. The first-order chi connectivity index (χ1) is 9.54. The fourth-order valence-electron chi connectivity index (χ4n) is 3.90. The van der Waals surface area contributed by atoms with Gasteiger partial charge in [0.15, 0.2) is 0 Å². The van der Waals surface area contributed by atoms with E-state index in [1.165, 1.54) is 18.4 Å². The van der Waals surface area contributed by atoms with Crippen molar-refractivity contribution in [2.45, 2.75) is 45.8 Å². The third kappa shape index (κ3) is 2.08. The lowest BCUT2D eigenvalue weighted by molar-refractivity contribution is -0.177. The minimum Gasteiger partial charge on any atom is -0.495 e. The Bertz CT molecular complexity index is 498. The molecule has 1 aromatic carbocycles. The van der Waals surface area contributed by atoms with Gasteiger partial charge in [-0.05, 0) is 37.5 Å². The Balaban J connectivity index is 1.81. The van der Waals surface area contributed by atoms with Crippen LogP contribution in [-0.4, -0.2) is 25.9 Å². The van der Waals surface area contributed by atoms with Gasteiger partial charge in [0.1, 0.15) is 5.75 Å². The van der Waals surface area contributed by atoms with Gasteiger partial charge in [-0.2, -0.15) is 0 Å². The maximum atomic E-state index is 5.96. The monoisotopic (exact) mass is 275 g/mol. The van der Waals surface area contributed by atoms with Crippen molar-refractivity contribution in [3.8, 4) is 5.75 Å². The van der Waals surface area contributed by atoms with Crippen LogP contribution in [0.15, 0.2) is 18.2 Å². The van der Waals surface area contributed by atoms with Crippen LogP contribution in [0.25, 0.3) is 0 Å². The van der Waals surface area contributed by atoms with E-state index in [1.54, 1.807) is 7.11 Å². The zero-order chi connectivity index (χ0) is 14.3. The second kappa shape index (κ2) is 4.96. The predicted molar refractivity (Wildman–Crippen MR) is 81.4 cm³/mol. The summed E-state index contributed by atoms with van der Waals surface area (Å²) in [5, 5.41) is 3.71. The molecule has 1 saturated heterocycles. The lowest BCUT2D eigenvalue weighted by atomic mass is 9.55. The average Bonchev–Trinajstić information content (AvgIpc) is 2.45. The van der Waals surface area contributed by atoms with Crippen molar-refractivity contribution in [1.82, 2.24) is 0 Å². The van der Waals surface area contributed by atoms with E-state index < -0.39 is 0 Å². The molecule has 1 aromatic rings. The largest absolute Gasteiger partial charge is 0.495 e. The van der Waals surface area contributed by atoms with Crippen LogP contribution >= 0.6 is 0 Å². The number of hydrogen-bond acceptors (Lipinski definition) is 3. The van der Waals surface area contributed by atoms with Gasteiger partial charge in [-0.3, -0.25) is 0 Å². The van der Waals surface area contributed by atoms with E-state index in [2.05, 4.69) is 44.3 Å². The third-order valence-electron chi connectivity index (χ3n) is 5.00. The van der Waals surface area contributed by atoms with Crippen LogP contribution in [0, 0.1) is 18.3 Å². The van der Waals surface area contributed by atoms with Gasteiger partial charge in [0.2, 0.25) is 0 Å². The summed E-state index contributed by atoms with van der Waals surface area (Å²) < 4.78 is 11.5. The molecule has 110 valence electrons. The lowest BCUT2D eigenvalue weighted by Gasteiger charge is -2.60. The molecule has 2 aliphatic rings. The van der Waals surface area contributed by atoms with Gasteiger partial charge in [-0.25, -0.2) is 0 Å². The highest BCUT2D eigenvalue weighted by molar-refractivity contribution is 5.59. The van der Waals surface area contributed by atoms with Crippen LogP contribution in [0.3, 0.4) is 0 Å². The Morgan fingerprint density at radius 2 is 2.15 bits per heavy atom. The quantitative estimate of drug-likeness (QED) is 0.914. The predicted octanol–water partition coefficient (Wildman–Crippen LogP) is 3.62. The Kier molecular flexibility index (Phi) is 3.41. The minimum atomic E-state index is 0.182. The van der Waals surface area contributed by atoms with Gasteiger partial charge in [-0.15, -0.1) is 0 Å². The standard InChI is InChI=1S/C17H25NO2/c1-11-7-8-13(14(10-11)19-4)18-15-12-6-5-9-20-16(12)17(15,2)3/h7-8,10,12,15-16,18H,5-6,9H2,1-4H3. The molecule has 1 aliphatic carbocycles. The Labute approximate surface area is 121 Å². The number of aryl methyl sites for hydroxylation is 1. The Morgan fingerprint density at radius 1 is 1.35 bits per heavy atom. The molecular weight excluding hydrogens is 250 g/mol. The van der Waals surface area contributed by atoms with E-state index in [9.17, 15) is 0 Å². The second-order valence-electron chi connectivity index (χ2n) is 6.74. The summed E-state index contributed by atoms with van der Waals surface area (Å²) in [5.41, 5.74) is 2.50. The van der Waals surface area contributed by atoms with Crippen molar-refractivity contribution in [2.24, 2.45) is 11.3 Å². The van der Waals surface area contributed by atoms with E-state index >= 15 is 0 Å². The van der Waals surface area contributed by atoms with E-state index in [0.29, 0.717) is 18.1 Å². The summed E-state index contributed by atoms with van der Waals surface area (Å²) >= 11 is 0. The van der Waals surface area contributed by atoms with Crippen molar-refractivity contribution in [3.05, 3.63) is 23.8 Å². The second-order valence-corrected chi connectivity index (χ2v) is 6.74. The van der Waals surface area contributed by atoms with Crippen molar-refractivity contribution in [3.63, 3.8) is 0 Å². The topological polar surface area (TPSA) is 30.5 Å². The number of benzene rings is 1. The molecule has 0 amide bonds. The number of ether oxygens (including phenoxy) is 2. The first-order valence-electron chi connectivity index (χ1n) is 7.57. The van der Waals surface area contributed by atoms with Crippen molar-refractivity contribution >= 4 is 5.69 Å². The van der Waals surface area contributed by atoms with E-state index in [-0.39, 0.29) is 5.41 Å². The smallest absolute Gasteiger partial charge is 0.142 e. The molecule has 3 heteroatoms. The molecule has 1 N–H and O–H groups in total. The van der Waals surface area contributed by atoms with Crippen LogP contribution < -0.4 is 10.1 Å². The van der Waals surface area contributed by atoms with Gasteiger partial charge < -0.3 is 14.8 Å². The first kappa shape index (κ1) is 13.7. The average molecular weight is 275 g/mol. The van der Waals surface area contributed by atoms with E-state index in [1.807, 2.05) is 0 Å². The molecule has 3 unspecified atom stereocenters. The van der Waals surface area contributed by atoms with Gasteiger partial charge in [0.05, 0.1) is 18.9 Å². The minimum absolute atomic E-state index is 0.182. The summed E-state index contributed by atoms with van der Waals surface area (Å²) in [6.45, 7) is 7.62. The number of methoxy groups -OCH3 is 1. The molecular formula is C17H25NO2. The molecule has 1 heterocycles. The molecule has 3 atom stereocenters. The molecule has 3 rings (SSSR count). The lowest BCUT2D eigenvalue weighted by Crippen LogP contribution is -2.67. The highest BCUT2D eigenvalue weighted by Crippen LogP contribution is 2.52. The number of rotatable bonds is 3. The fraction of sp³-hybridized carbons (Fsp3) is 0.647. The van der Waals surface area contributed by atoms with Gasteiger partial charge in [0.25, 0.3) is 0 Å². The number of fused-ring (bicyclic) bond motifs is 1. The van der Waals surface area contributed by atoms with Crippen LogP contribution in [-0.2, 0) is 4.74 Å². The van der Waals surface area contributed by atoms with E-state index in [4.69, 9.17) is 9.47 Å². The summed E-state index contributed by atoms with van der Waals surface area (Å²) in [7, 11) is 1.73. The highest BCUT2D eigenvalue weighted by atomic mass is 16.5. The highest BCUT2D eigenvalue weighted by Gasteiger charge is 2.58. The third-order valence-corrected chi connectivity index (χ3v) is 5.00. The number of anilines is 1. The molecule has 0 radical (unpaired) electrons. The van der Waals surface area contributed by atoms with Gasteiger partial charge >= 0.3 is 0 Å². The van der Waals surface area contributed by atoms with E-state index in [0.717, 1.165) is 18.0 Å². The van der Waals surface area contributed by atoms with Gasteiger partial charge in [0, 0.05) is 24.0 Å². The summed E-state index contributed by atoms with van der Waals surface area (Å²) in [6, 6.07) is 6.81. The Morgan fingerprint density at radius 3 is 2.90 bits per heavy atom. The number of nitrogens with one attached hydrogen (secondary N) is 1.